The van der Waals surface area contributed by atoms with Gasteiger partial charge in [-0.3, -0.25) is 0 Å². The van der Waals surface area contributed by atoms with Gasteiger partial charge in [-0.05, 0) is 32.9 Å². The minimum absolute atomic E-state index is 0.0866. The van der Waals surface area contributed by atoms with Gasteiger partial charge in [0.2, 0.25) is 5.95 Å². The van der Waals surface area contributed by atoms with Gasteiger partial charge in [-0.2, -0.15) is 4.39 Å². The Morgan fingerprint density at radius 3 is 2.89 bits per heavy atom. The maximum Gasteiger partial charge on any atom is 0.408 e. The number of amides is 1. The quantitative estimate of drug-likeness (QED) is 0.613. The molecular weight excluding hydrogens is 235 g/mol. The van der Waals surface area contributed by atoms with Gasteiger partial charge in [0, 0.05) is 6.20 Å². The molecule has 0 aliphatic heterocycles. The van der Waals surface area contributed by atoms with E-state index in [0.717, 1.165) is 0 Å². The fraction of sp³-hybridized carbons (Fsp3) is 0.385. The smallest absolute Gasteiger partial charge is 0.408 e. The third-order valence-electron chi connectivity index (χ3n) is 1.70. The monoisotopic (exact) mass is 250 g/mol. The lowest BCUT2D eigenvalue weighted by Crippen LogP contribution is -2.32. The standard InChI is InChI=1S/C13H15FN2O2/c1-13(2,3)18-12(17)16-9-5-7-10-6-4-8-15-11(10)14/h4,6,8H,9H2,1-3H3,(H,16,17). The van der Waals surface area contributed by atoms with Gasteiger partial charge in [0.05, 0.1) is 12.1 Å². The van der Waals surface area contributed by atoms with Crippen molar-refractivity contribution in [1.82, 2.24) is 10.3 Å². The normalized spacial score (nSPS) is 10.2. The Balaban J connectivity index is 2.44. The Bertz CT molecular complexity index is 484. The van der Waals surface area contributed by atoms with Crippen LogP contribution in [0.15, 0.2) is 18.3 Å². The fourth-order valence-corrected chi connectivity index (χ4v) is 1.05. The van der Waals surface area contributed by atoms with E-state index in [1.807, 2.05) is 0 Å². The Hall–Kier alpha value is -2.09. The number of aromatic nitrogens is 1. The van der Waals surface area contributed by atoms with Gasteiger partial charge in [-0.1, -0.05) is 11.8 Å². The SMILES string of the molecule is CC(C)(C)OC(=O)NCC#Cc1cccnc1F. The van der Waals surface area contributed by atoms with Gasteiger partial charge in [0.1, 0.15) is 5.60 Å². The van der Waals surface area contributed by atoms with Crippen LogP contribution in [0.2, 0.25) is 0 Å². The van der Waals surface area contributed by atoms with E-state index < -0.39 is 17.6 Å². The molecule has 1 aromatic heterocycles. The minimum Gasteiger partial charge on any atom is -0.444 e. The van der Waals surface area contributed by atoms with Crippen molar-refractivity contribution >= 4 is 6.09 Å². The lowest BCUT2D eigenvalue weighted by atomic mass is 10.2. The molecule has 0 spiro atoms. The third-order valence-corrected chi connectivity index (χ3v) is 1.70. The first kappa shape index (κ1) is 14.0. The summed E-state index contributed by atoms with van der Waals surface area (Å²) in [4.78, 5) is 14.7. The van der Waals surface area contributed by atoms with Crippen molar-refractivity contribution in [3.05, 3.63) is 29.8 Å². The van der Waals surface area contributed by atoms with E-state index in [9.17, 15) is 9.18 Å². The molecule has 1 aromatic rings. The maximum absolute atomic E-state index is 13.1. The van der Waals surface area contributed by atoms with E-state index in [0.29, 0.717) is 0 Å². The number of carbonyl (C=O) groups excluding carboxylic acids is 1. The number of ether oxygens (including phenoxy) is 1. The molecule has 0 aliphatic carbocycles. The zero-order chi connectivity index (χ0) is 13.6. The highest BCUT2D eigenvalue weighted by Crippen LogP contribution is 2.06. The number of rotatable bonds is 1. The highest BCUT2D eigenvalue weighted by Gasteiger charge is 2.14. The number of carbonyl (C=O) groups is 1. The van der Waals surface area contributed by atoms with E-state index in [1.165, 1.54) is 12.3 Å². The molecule has 18 heavy (non-hydrogen) atoms. The summed E-state index contributed by atoms with van der Waals surface area (Å²) < 4.78 is 18.1. The van der Waals surface area contributed by atoms with E-state index in [2.05, 4.69) is 22.1 Å². The van der Waals surface area contributed by atoms with Gasteiger partial charge in [-0.25, -0.2) is 9.78 Å². The number of hydrogen-bond donors (Lipinski definition) is 1. The molecule has 0 saturated heterocycles. The summed E-state index contributed by atoms with van der Waals surface area (Å²) >= 11 is 0. The number of halogens is 1. The second-order valence-electron chi connectivity index (χ2n) is 4.50. The molecule has 0 aromatic carbocycles. The topological polar surface area (TPSA) is 51.2 Å². The van der Waals surface area contributed by atoms with Crippen molar-refractivity contribution in [3.8, 4) is 11.8 Å². The number of pyridine rings is 1. The molecule has 0 bridgehead atoms. The zero-order valence-corrected chi connectivity index (χ0v) is 10.6. The van der Waals surface area contributed by atoms with Crippen LogP contribution in [0.3, 0.4) is 0 Å². The molecule has 96 valence electrons. The molecule has 0 saturated carbocycles. The Morgan fingerprint density at radius 2 is 2.28 bits per heavy atom. The molecule has 0 fully saturated rings. The Labute approximate surface area is 106 Å². The molecule has 0 unspecified atom stereocenters. The van der Waals surface area contributed by atoms with Crippen molar-refractivity contribution in [3.63, 3.8) is 0 Å². The molecule has 0 radical (unpaired) electrons. The van der Waals surface area contributed by atoms with E-state index in [-0.39, 0.29) is 12.1 Å². The number of nitrogens with zero attached hydrogens (tertiary/aromatic N) is 1. The summed E-state index contributed by atoms with van der Waals surface area (Å²) in [6.45, 7) is 5.39. The molecule has 4 nitrogen and oxygen atoms in total. The molecule has 1 heterocycles. The van der Waals surface area contributed by atoms with Gasteiger partial charge < -0.3 is 10.1 Å². The van der Waals surface area contributed by atoms with Crippen LogP contribution < -0.4 is 5.32 Å². The Kier molecular flexibility index (Phi) is 4.67. The van der Waals surface area contributed by atoms with Gasteiger partial charge in [0.15, 0.2) is 0 Å². The van der Waals surface area contributed by atoms with Crippen molar-refractivity contribution in [2.24, 2.45) is 0 Å². The number of alkyl carbamates (subject to hydrolysis) is 1. The second kappa shape index (κ2) is 6.01. The van der Waals surface area contributed by atoms with Crippen LogP contribution in [0, 0.1) is 17.8 Å². The summed E-state index contributed by atoms with van der Waals surface area (Å²) in [5.41, 5.74) is -0.351. The van der Waals surface area contributed by atoms with Crippen LogP contribution in [0.1, 0.15) is 26.3 Å². The summed E-state index contributed by atoms with van der Waals surface area (Å²) in [6, 6.07) is 3.11. The average molecular weight is 250 g/mol. The van der Waals surface area contributed by atoms with Crippen LogP contribution in [0.25, 0.3) is 0 Å². The van der Waals surface area contributed by atoms with Gasteiger partial charge in [-0.15, -0.1) is 0 Å². The number of hydrogen-bond acceptors (Lipinski definition) is 3. The fourth-order valence-electron chi connectivity index (χ4n) is 1.05. The van der Waals surface area contributed by atoms with Crippen LogP contribution in [-0.2, 0) is 4.74 Å². The predicted octanol–water partition coefficient (Wildman–Crippen LogP) is 2.10. The largest absolute Gasteiger partial charge is 0.444 e. The van der Waals surface area contributed by atoms with E-state index >= 15 is 0 Å². The first-order chi connectivity index (χ1) is 8.38. The van der Waals surface area contributed by atoms with Crippen LogP contribution in [0.4, 0.5) is 9.18 Å². The highest BCUT2D eigenvalue weighted by atomic mass is 19.1. The van der Waals surface area contributed by atoms with Crippen LogP contribution >= 0.6 is 0 Å². The van der Waals surface area contributed by atoms with Crippen molar-refractivity contribution in [2.45, 2.75) is 26.4 Å². The first-order valence-electron chi connectivity index (χ1n) is 5.45. The second-order valence-corrected chi connectivity index (χ2v) is 4.50. The molecule has 0 aliphatic rings. The molecule has 1 amide bonds. The van der Waals surface area contributed by atoms with Crippen molar-refractivity contribution in [2.75, 3.05) is 6.54 Å². The lowest BCUT2D eigenvalue weighted by Gasteiger charge is -2.18. The summed E-state index contributed by atoms with van der Waals surface area (Å²) in [5.74, 6) is 4.57. The minimum atomic E-state index is -0.623. The van der Waals surface area contributed by atoms with Crippen molar-refractivity contribution < 1.29 is 13.9 Å². The van der Waals surface area contributed by atoms with Crippen LogP contribution in [0.5, 0.6) is 0 Å². The van der Waals surface area contributed by atoms with Crippen molar-refractivity contribution in [1.29, 1.82) is 0 Å². The summed E-state index contributed by atoms with van der Waals surface area (Å²) in [5, 5.41) is 2.45. The molecule has 0 atom stereocenters. The molecule has 1 N–H and O–H groups in total. The summed E-state index contributed by atoms with van der Waals surface area (Å²) in [6.07, 6.45) is 0.794. The van der Waals surface area contributed by atoms with E-state index in [1.54, 1.807) is 26.8 Å². The highest BCUT2D eigenvalue weighted by molar-refractivity contribution is 5.68. The van der Waals surface area contributed by atoms with E-state index in [4.69, 9.17) is 4.74 Å². The first-order valence-corrected chi connectivity index (χ1v) is 5.45. The zero-order valence-electron chi connectivity index (χ0n) is 10.6. The van der Waals surface area contributed by atoms with Gasteiger partial charge >= 0.3 is 6.09 Å². The Morgan fingerprint density at radius 1 is 1.56 bits per heavy atom. The van der Waals surface area contributed by atoms with Crippen LogP contribution in [-0.4, -0.2) is 23.2 Å². The average Bonchev–Trinajstić information content (AvgIpc) is 2.24. The maximum atomic E-state index is 13.1. The molecule has 5 heteroatoms. The molecular formula is C13H15FN2O2. The number of nitrogens with one attached hydrogen (secondary N) is 1. The predicted molar refractivity (Wildman–Crippen MR) is 65.3 cm³/mol. The lowest BCUT2D eigenvalue weighted by molar-refractivity contribution is 0.0535. The molecule has 1 rings (SSSR count). The third kappa shape index (κ3) is 5.30. The van der Waals surface area contributed by atoms with Gasteiger partial charge in [0.25, 0.3) is 0 Å². The summed E-state index contributed by atoms with van der Waals surface area (Å²) in [7, 11) is 0.